The molecule has 1 N–H and O–H groups in total. The van der Waals surface area contributed by atoms with Gasteiger partial charge in [-0.15, -0.1) is 11.6 Å². The molecule has 92 valence electrons. The Morgan fingerprint density at radius 2 is 1.87 bits per heavy atom. The van der Waals surface area contributed by atoms with Crippen molar-refractivity contribution in [2.45, 2.75) is 65.3 Å². The number of aliphatic hydroxyl groups is 1. The average Bonchev–Trinajstić information content (AvgIpc) is 2.10. The van der Waals surface area contributed by atoms with Gasteiger partial charge in [0.05, 0.1) is 17.8 Å². The lowest BCUT2D eigenvalue weighted by Crippen LogP contribution is -2.30. The highest BCUT2D eigenvalue weighted by molar-refractivity contribution is 6.18. The van der Waals surface area contributed by atoms with Gasteiger partial charge < -0.3 is 9.84 Å². The fourth-order valence-electron chi connectivity index (χ4n) is 1.80. The molecule has 0 fully saturated rings. The smallest absolute Gasteiger partial charge is 0.0704 e. The van der Waals surface area contributed by atoms with Gasteiger partial charge in [0.15, 0.2) is 0 Å². The summed E-state index contributed by atoms with van der Waals surface area (Å²) < 4.78 is 5.81. The van der Waals surface area contributed by atoms with Crippen LogP contribution in [0.15, 0.2) is 0 Å². The third-order valence-corrected chi connectivity index (χ3v) is 2.73. The van der Waals surface area contributed by atoms with Gasteiger partial charge in [-0.25, -0.2) is 0 Å². The van der Waals surface area contributed by atoms with Gasteiger partial charge in [-0.2, -0.15) is 0 Å². The monoisotopic (exact) mass is 236 g/mol. The molecule has 0 aliphatic carbocycles. The molecule has 0 aliphatic rings. The zero-order valence-corrected chi connectivity index (χ0v) is 11.3. The minimum Gasteiger partial charge on any atom is -0.392 e. The summed E-state index contributed by atoms with van der Waals surface area (Å²) in [5.41, 5.74) is -0.121. The second-order valence-corrected chi connectivity index (χ2v) is 5.48. The van der Waals surface area contributed by atoms with E-state index < -0.39 is 6.10 Å². The molecule has 3 atom stereocenters. The number of halogens is 1. The molecular weight excluding hydrogens is 212 g/mol. The van der Waals surface area contributed by atoms with Gasteiger partial charge in [-0.3, -0.25) is 0 Å². The number of aliphatic hydroxyl groups excluding tert-OH is 1. The van der Waals surface area contributed by atoms with Crippen molar-refractivity contribution in [3.63, 3.8) is 0 Å². The number of hydrogen-bond acceptors (Lipinski definition) is 2. The fraction of sp³-hybridized carbons (Fsp3) is 1.00. The lowest BCUT2D eigenvalue weighted by molar-refractivity contribution is -0.0668. The van der Waals surface area contributed by atoms with Crippen LogP contribution in [-0.4, -0.2) is 28.8 Å². The molecule has 0 heterocycles. The standard InChI is InChI=1S/C12H25ClO2/c1-6-10(11(14)8-13)7-9(2)15-12(3,4)5/h9-11,14H,6-8H2,1-5H3/t9?,10?,11-/m0/s1. The Labute approximate surface area is 99.0 Å². The number of alkyl halides is 1. The quantitative estimate of drug-likeness (QED) is 0.718. The van der Waals surface area contributed by atoms with Crippen LogP contribution in [0.1, 0.15) is 47.5 Å². The van der Waals surface area contributed by atoms with Crippen molar-refractivity contribution in [1.29, 1.82) is 0 Å². The van der Waals surface area contributed by atoms with Crippen LogP contribution >= 0.6 is 11.6 Å². The Balaban J connectivity index is 4.07. The highest BCUT2D eigenvalue weighted by atomic mass is 35.5. The van der Waals surface area contributed by atoms with E-state index in [0.29, 0.717) is 5.88 Å². The zero-order chi connectivity index (χ0) is 12.1. The molecule has 3 heteroatoms. The van der Waals surface area contributed by atoms with Crippen LogP contribution in [0.3, 0.4) is 0 Å². The van der Waals surface area contributed by atoms with E-state index in [1.54, 1.807) is 0 Å². The van der Waals surface area contributed by atoms with Crippen LogP contribution in [-0.2, 0) is 4.74 Å². The van der Waals surface area contributed by atoms with Crippen molar-refractivity contribution in [3.05, 3.63) is 0 Å². The maximum Gasteiger partial charge on any atom is 0.0704 e. The predicted molar refractivity (Wildman–Crippen MR) is 65.4 cm³/mol. The van der Waals surface area contributed by atoms with Crippen molar-refractivity contribution in [3.8, 4) is 0 Å². The first kappa shape index (κ1) is 15.2. The maximum absolute atomic E-state index is 9.68. The van der Waals surface area contributed by atoms with E-state index in [9.17, 15) is 5.11 Å². The normalized spacial score (nSPS) is 18.6. The summed E-state index contributed by atoms with van der Waals surface area (Å²) in [6, 6.07) is 0. The molecule has 0 spiro atoms. The van der Waals surface area contributed by atoms with Crippen LogP contribution in [0, 0.1) is 5.92 Å². The first-order valence-electron chi connectivity index (χ1n) is 5.72. The molecular formula is C12H25ClO2. The first-order chi connectivity index (χ1) is 6.80. The van der Waals surface area contributed by atoms with E-state index in [-0.39, 0.29) is 17.6 Å². The summed E-state index contributed by atoms with van der Waals surface area (Å²) in [5, 5.41) is 9.68. The summed E-state index contributed by atoms with van der Waals surface area (Å²) in [6.07, 6.45) is 1.54. The summed E-state index contributed by atoms with van der Waals surface area (Å²) >= 11 is 5.65. The molecule has 0 aromatic carbocycles. The van der Waals surface area contributed by atoms with E-state index in [1.807, 2.05) is 20.8 Å². The Morgan fingerprint density at radius 1 is 1.33 bits per heavy atom. The molecule has 0 amide bonds. The van der Waals surface area contributed by atoms with Gasteiger partial charge in [-0.05, 0) is 40.0 Å². The summed E-state index contributed by atoms with van der Waals surface area (Å²) in [4.78, 5) is 0. The highest BCUT2D eigenvalue weighted by Gasteiger charge is 2.22. The van der Waals surface area contributed by atoms with Crippen molar-refractivity contribution >= 4 is 11.6 Å². The Kier molecular flexibility index (Phi) is 6.81. The molecule has 0 aromatic heterocycles. The van der Waals surface area contributed by atoms with Crippen LogP contribution < -0.4 is 0 Å². The summed E-state index contributed by atoms with van der Waals surface area (Å²) in [5.74, 6) is 0.542. The van der Waals surface area contributed by atoms with Crippen LogP contribution in [0.2, 0.25) is 0 Å². The lowest BCUT2D eigenvalue weighted by atomic mass is 9.94. The molecule has 2 nitrogen and oxygen atoms in total. The third kappa shape index (κ3) is 7.15. The Morgan fingerprint density at radius 3 is 2.20 bits per heavy atom. The molecule has 0 bridgehead atoms. The molecule has 2 unspecified atom stereocenters. The minimum atomic E-state index is -0.414. The van der Waals surface area contributed by atoms with E-state index in [1.165, 1.54) is 0 Å². The van der Waals surface area contributed by atoms with Crippen molar-refractivity contribution in [2.24, 2.45) is 5.92 Å². The van der Waals surface area contributed by atoms with Gasteiger partial charge in [0.25, 0.3) is 0 Å². The van der Waals surface area contributed by atoms with Gasteiger partial charge >= 0.3 is 0 Å². The number of rotatable bonds is 6. The number of ether oxygens (including phenoxy) is 1. The Bertz CT molecular complexity index is 165. The molecule has 0 rings (SSSR count). The average molecular weight is 237 g/mol. The van der Waals surface area contributed by atoms with E-state index in [0.717, 1.165) is 12.8 Å². The van der Waals surface area contributed by atoms with E-state index >= 15 is 0 Å². The van der Waals surface area contributed by atoms with E-state index in [2.05, 4.69) is 13.8 Å². The minimum absolute atomic E-state index is 0.121. The molecule has 0 saturated carbocycles. The summed E-state index contributed by atoms with van der Waals surface area (Å²) in [7, 11) is 0. The second kappa shape index (κ2) is 6.72. The zero-order valence-electron chi connectivity index (χ0n) is 10.6. The number of hydrogen-bond donors (Lipinski definition) is 1. The van der Waals surface area contributed by atoms with Crippen molar-refractivity contribution < 1.29 is 9.84 Å². The molecule has 0 saturated heterocycles. The fourth-order valence-corrected chi connectivity index (χ4v) is 2.05. The third-order valence-electron chi connectivity index (χ3n) is 2.42. The van der Waals surface area contributed by atoms with Gasteiger partial charge in [0.1, 0.15) is 0 Å². The first-order valence-corrected chi connectivity index (χ1v) is 6.25. The summed E-state index contributed by atoms with van der Waals surface area (Å²) in [6.45, 7) is 10.3. The lowest BCUT2D eigenvalue weighted by Gasteiger charge is -2.29. The van der Waals surface area contributed by atoms with Crippen molar-refractivity contribution in [1.82, 2.24) is 0 Å². The highest BCUT2D eigenvalue weighted by Crippen LogP contribution is 2.21. The molecule has 0 aliphatic heterocycles. The topological polar surface area (TPSA) is 29.5 Å². The predicted octanol–water partition coefficient (Wildman–Crippen LogP) is 3.21. The van der Waals surface area contributed by atoms with Crippen molar-refractivity contribution in [2.75, 3.05) is 5.88 Å². The maximum atomic E-state index is 9.68. The van der Waals surface area contributed by atoms with Gasteiger partial charge in [-0.1, -0.05) is 13.3 Å². The SMILES string of the molecule is CCC(CC(C)OC(C)(C)C)[C@@H](O)CCl. The van der Waals surface area contributed by atoms with E-state index in [4.69, 9.17) is 16.3 Å². The second-order valence-electron chi connectivity index (χ2n) is 5.17. The van der Waals surface area contributed by atoms with Gasteiger partial charge in [0, 0.05) is 5.88 Å². The molecule has 0 radical (unpaired) electrons. The van der Waals surface area contributed by atoms with Crippen LogP contribution in [0.5, 0.6) is 0 Å². The van der Waals surface area contributed by atoms with Crippen LogP contribution in [0.4, 0.5) is 0 Å². The van der Waals surface area contributed by atoms with Crippen LogP contribution in [0.25, 0.3) is 0 Å². The molecule has 0 aromatic rings. The molecule has 15 heavy (non-hydrogen) atoms. The van der Waals surface area contributed by atoms with Gasteiger partial charge in [0.2, 0.25) is 0 Å². The Hall–Kier alpha value is 0.210. The largest absolute Gasteiger partial charge is 0.392 e.